The van der Waals surface area contributed by atoms with E-state index in [1.807, 2.05) is 36.4 Å². The van der Waals surface area contributed by atoms with Gasteiger partial charge in [0.15, 0.2) is 0 Å². The SMILES string of the molecule is C#CCn1c(CCCCCNC(=O)CCc2ccccc2)nc2ccccc21. The van der Waals surface area contributed by atoms with Crippen LogP contribution in [0.2, 0.25) is 0 Å². The van der Waals surface area contributed by atoms with E-state index in [2.05, 4.69) is 34.0 Å². The summed E-state index contributed by atoms with van der Waals surface area (Å²) in [4.78, 5) is 16.7. The fourth-order valence-electron chi connectivity index (χ4n) is 3.39. The van der Waals surface area contributed by atoms with E-state index >= 15 is 0 Å². The van der Waals surface area contributed by atoms with Crippen molar-refractivity contribution in [3.8, 4) is 12.3 Å². The fraction of sp³-hybridized carbons (Fsp3) is 0.333. The van der Waals surface area contributed by atoms with Crippen molar-refractivity contribution in [3.05, 3.63) is 66.0 Å². The molecule has 2 aromatic carbocycles. The van der Waals surface area contributed by atoms with Crippen LogP contribution in [0, 0.1) is 12.3 Å². The molecule has 0 atom stereocenters. The molecule has 0 aliphatic carbocycles. The number of fused-ring (bicyclic) bond motifs is 1. The molecule has 0 spiro atoms. The van der Waals surface area contributed by atoms with Gasteiger partial charge in [-0.15, -0.1) is 6.42 Å². The lowest BCUT2D eigenvalue weighted by Gasteiger charge is -2.07. The zero-order valence-electron chi connectivity index (χ0n) is 16.2. The zero-order valence-corrected chi connectivity index (χ0v) is 16.2. The molecule has 1 aromatic heterocycles. The maximum atomic E-state index is 11.9. The first kappa shape index (κ1) is 19.7. The highest BCUT2D eigenvalue weighted by Gasteiger charge is 2.09. The first-order valence-electron chi connectivity index (χ1n) is 9.96. The summed E-state index contributed by atoms with van der Waals surface area (Å²) in [7, 11) is 0. The minimum Gasteiger partial charge on any atom is -0.356 e. The molecule has 4 heteroatoms. The van der Waals surface area contributed by atoms with Crippen LogP contribution in [0.1, 0.15) is 37.1 Å². The number of terminal acetylenes is 1. The van der Waals surface area contributed by atoms with Crippen LogP contribution in [0.5, 0.6) is 0 Å². The molecule has 144 valence electrons. The van der Waals surface area contributed by atoms with Crippen LogP contribution in [-0.4, -0.2) is 22.0 Å². The van der Waals surface area contributed by atoms with Crippen molar-refractivity contribution in [3.63, 3.8) is 0 Å². The molecule has 28 heavy (non-hydrogen) atoms. The predicted octanol–water partition coefficient (Wildman–Crippen LogP) is 4.13. The van der Waals surface area contributed by atoms with E-state index in [1.165, 1.54) is 5.56 Å². The van der Waals surface area contributed by atoms with Gasteiger partial charge >= 0.3 is 0 Å². The number of nitrogens with one attached hydrogen (secondary N) is 1. The van der Waals surface area contributed by atoms with Crippen molar-refractivity contribution in [2.24, 2.45) is 0 Å². The Labute approximate surface area is 167 Å². The third-order valence-corrected chi connectivity index (χ3v) is 4.87. The van der Waals surface area contributed by atoms with E-state index in [-0.39, 0.29) is 5.91 Å². The number of imidazole rings is 1. The average Bonchev–Trinajstić information content (AvgIpc) is 3.07. The van der Waals surface area contributed by atoms with Gasteiger partial charge in [0, 0.05) is 19.4 Å². The van der Waals surface area contributed by atoms with Gasteiger partial charge in [-0.1, -0.05) is 54.8 Å². The molecule has 1 N–H and O–H groups in total. The molecule has 3 aromatic rings. The van der Waals surface area contributed by atoms with Gasteiger partial charge in [0.2, 0.25) is 5.91 Å². The van der Waals surface area contributed by atoms with Crippen molar-refractivity contribution < 1.29 is 4.79 Å². The number of para-hydroxylation sites is 2. The molecule has 1 heterocycles. The second kappa shape index (κ2) is 10.3. The van der Waals surface area contributed by atoms with E-state index in [1.54, 1.807) is 0 Å². The summed E-state index contributed by atoms with van der Waals surface area (Å²) in [5.41, 5.74) is 3.30. The number of aromatic nitrogens is 2. The number of amides is 1. The molecular formula is C24H27N3O. The lowest BCUT2D eigenvalue weighted by Crippen LogP contribution is -2.24. The minimum absolute atomic E-state index is 0.125. The van der Waals surface area contributed by atoms with Gasteiger partial charge < -0.3 is 9.88 Å². The highest BCUT2D eigenvalue weighted by Crippen LogP contribution is 2.17. The summed E-state index contributed by atoms with van der Waals surface area (Å²) in [6.45, 7) is 1.28. The van der Waals surface area contributed by atoms with Gasteiger partial charge in [-0.2, -0.15) is 0 Å². The fourth-order valence-corrected chi connectivity index (χ4v) is 3.39. The monoisotopic (exact) mass is 373 g/mol. The average molecular weight is 374 g/mol. The normalized spacial score (nSPS) is 10.7. The molecule has 0 unspecified atom stereocenters. The summed E-state index contributed by atoms with van der Waals surface area (Å²) >= 11 is 0. The summed E-state index contributed by atoms with van der Waals surface area (Å²) in [5.74, 6) is 3.90. The molecule has 0 bridgehead atoms. The number of unbranched alkanes of at least 4 members (excludes halogenated alkanes) is 2. The van der Waals surface area contributed by atoms with Gasteiger partial charge in [-0.25, -0.2) is 4.98 Å². The smallest absolute Gasteiger partial charge is 0.220 e. The van der Waals surface area contributed by atoms with Gasteiger partial charge in [-0.05, 0) is 37.0 Å². The second-order valence-corrected chi connectivity index (χ2v) is 6.95. The molecular weight excluding hydrogens is 346 g/mol. The minimum atomic E-state index is 0.125. The van der Waals surface area contributed by atoms with E-state index in [0.29, 0.717) is 13.0 Å². The summed E-state index contributed by atoms with van der Waals surface area (Å²) in [5, 5.41) is 3.02. The maximum absolute atomic E-state index is 11.9. The van der Waals surface area contributed by atoms with Crippen LogP contribution < -0.4 is 5.32 Å². The van der Waals surface area contributed by atoms with E-state index in [9.17, 15) is 4.79 Å². The zero-order chi connectivity index (χ0) is 19.6. The van der Waals surface area contributed by atoms with Crippen molar-refractivity contribution >= 4 is 16.9 Å². The van der Waals surface area contributed by atoms with Crippen LogP contribution in [0.3, 0.4) is 0 Å². The van der Waals surface area contributed by atoms with Crippen LogP contribution >= 0.6 is 0 Å². The third kappa shape index (κ3) is 5.47. The molecule has 0 saturated heterocycles. The third-order valence-electron chi connectivity index (χ3n) is 4.87. The number of benzene rings is 2. The van der Waals surface area contributed by atoms with Gasteiger partial charge in [-0.3, -0.25) is 4.79 Å². The van der Waals surface area contributed by atoms with Gasteiger partial charge in [0.1, 0.15) is 5.82 Å². The predicted molar refractivity (Wildman–Crippen MR) is 114 cm³/mol. The Balaban J connectivity index is 1.36. The van der Waals surface area contributed by atoms with Crippen molar-refractivity contribution in [2.75, 3.05) is 6.54 Å². The Morgan fingerprint density at radius 3 is 2.61 bits per heavy atom. The van der Waals surface area contributed by atoms with Crippen molar-refractivity contribution in [2.45, 2.75) is 45.1 Å². The number of hydrogen-bond acceptors (Lipinski definition) is 2. The van der Waals surface area contributed by atoms with Crippen LogP contribution in [0.4, 0.5) is 0 Å². The first-order chi connectivity index (χ1) is 13.8. The molecule has 0 fully saturated rings. The quantitative estimate of drug-likeness (QED) is 0.429. The lowest BCUT2D eigenvalue weighted by atomic mass is 10.1. The Morgan fingerprint density at radius 1 is 1.00 bits per heavy atom. The Bertz CT molecular complexity index is 937. The van der Waals surface area contributed by atoms with Crippen LogP contribution in [0.25, 0.3) is 11.0 Å². The number of hydrogen-bond donors (Lipinski definition) is 1. The van der Waals surface area contributed by atoms with Crippen LogP contribution in [0.15, 0.2) is 54.6 Å². The molecule has 0 aliphatic rings. The van der Waals surface area contributed by atoms with Gasteiger partial charge in [0.25, 0.3) is 0 Å². The Kier molecular flexibility index (Phi) is 7.26. The summed E-state index contributed by atoms with van der Waals surface area (Å²) in [6, 6.07) is 18.2. The van der Waals surface area contributed by atoms with E-state index < -0.39 is 0 Å². The molecule has 4 nitrogen and oxygen atoms in total. The van der Waals surface area contributed by atoms with E-state index in [0.717, 1.165) is 55.5 Å². The summed E-state index contributed by atoms with van der Waals surface area (Å²) < 4.78 is 2.13. The van der Waals surface area contributed by atoms with Gasteiger partial charge in [0.05, 0.1) is 17.6 Å². The maximum Gasteiger partial charge on any atom is 0.220 e. The topological polar surface area (TPSA) is 46.9 Å². The number of aryl methyl sites for hydroxylation is 2. The molecule has 1 amide bonds. The van der Waals surface area contributed by atoms with E-state index in [4.69, 9.17) is 11.4 Å². The second-order valence-electron chi connectivity index (χ2n) is 6.95. The number of nitrogens with zero attached hydrogens (tertiary/aromatic N) is 2. The number of carbonyl (C=O) groups excluding carboxylic acids is 1. The molecule has 0 aliphatic heterocycles. The Morgan fingerprint density at radius 2 is 1.79 bits per heavy atom. The molecule has 0 saturated carbocycles. The first-order valence-corrected chi connectivity index (χ1v) is 9.96. The Hall–Kier alpha value is -3.06. The van der Waals surface area contributed by atoms with Crippen molar-refractivity contribution in [1.82, 2.24) is 14.9 Å². The van der Waals surface area contributed by atoms with Crippen LogP contribution in [-0.2, 0) is 24.2 Å². The molecule has 3 rings (SSSR count). The molecule has 0 radical (unpaired) electrons. The van der Waals surface area contributed by atoms with Crippen molar-refractivity contribution in [1.29, 1.82) is 0 Å². The number of rotatable bonds is 10. The number of carbonyl (C=O) groups is 1. The highest BCUT2D eigenvalue weighted by atomic mass is 16.1. The largest absolute Gasteiger partial charge is 0.356 e. The standard InChI is InChI=1S/C24H27N3O/c1-2-19-27-22-14-9-8-13-21(22)26-23(27)15-7-4-10-18-25-24(28)17-16-20-11-5-3-6-12-20/h1,3,5-6,8-9,11-14H,4,7,10,15-19H2,(H,25,28). The summed E-state index contributed by atoms with van der Waals surface area (Å²) in [6.07, 6.45) is 10.8. The highest BCUT2D eigenvalue weighted by molar-refractivity contribution is 5.76. The lowest BCUT2D eigenvalue weighted by molar-refractivity contribution is -0.121.